The number of para-hydroxylation sites is 1. The van der Waals surface area contributed by atoms with Gasteiger partial charge < -0.3 is 5.32 Å². The highest BCUT2D eigenvalue weighted by Crippen LogP contribution is 2.21. The van der Waals surface area contributed by atoms with E-state index in [4.69, 9.17) is 4.98 Å². The molecule has 0 bridgehead atoms. The summed E-state index contributed by atoms with van der Waals surface area (Å²) in [5.74, 6) is 0.749. The topological polar surface area (TPSA) is 46.9 Å². The molecule has 0 aliphatic rings. The van der Waals surface area contributed by atoms with Gasteiger partial charge in [-0.15, -0.1) is 0 Å². The predicted molar refractivity (Wildman–Crippen MR) is 97.9 cm³/mol. The normalized spacial score (nSPS) is 12.3. The van der Waals surface area contributed by atoms with Crippen LogP contribution in [0.4, 0.5) is 5.69 Å². The smallest absolute Gasteiger partial charge is 0.261 e. The monoisotopic (exact) mass is 371 g/mol. The molecule has 5 heteroatoms. The van der Waals surface area contributed by atoms with E-state index in [1.54, 1.807) is 4.57 Å². The Morgan fingerprint density at radius 3 is 2.57 bits per heavy atom. The Kier molecular flexibility index (Phi) is 4.48. The van der Waals surface area contributed by atoms with Gasteiger partial charge in [0.25, 0.3) is 5.56 Å². The molecular formula is C18H18BrN3O. The van der Waals surface area contributed by atoms with E-state index < -0.39 is 0 Å². The van der Waals surface area contributed by atoms with Crippen LogP contribution in [0.3, 0.4) is 0 Å². The third-order valence-corrected chi connectivity index (χ3v) is 4.35. The number of aromatic nitrogens is 2. The van der Waals surface area contributed by atoms with Crippen LogP contribution in [-0.2, 0) is 6.54 Å². The molecule has 0 aliphatic heterocycles. The molecule has 1 heterocycles. The lowest BCUT2D eigenvalue weighted by Crippen LogP contribution is -2.27. The zero-order valence-corrected chi connectivity index (χ0v) is 14.7. The van der Waals surface area contributed by atoms with Gasteiger partial charge in [-0.05, 0) is 50.2 Å². The molecule has 0 fully saturated rings. The van der Waals surface area contributed by atoms with Gasteiger partial charge in [-0.1, -0.05) is 28.1 Å². The Labute approximate surface area is 143 Å². The fraction of sp³-hybridized carbons (Fsp3) is 0.222. The maximum absolute atomic E-state index is 12.7. The maximum Gasteiger partial charge on any atom is 0.261 e. The summed E-state index contributed by atoms with van der Waals surface area (Å²) in [6, 6.07) is 15.4. The molecule has 0 amide bonds. The molecule has 1 N–H and O–H groups in total. The number of nitrogens with one attached hydrogen (secondary N) is 1. The van der Waals surface area contributed by atoms with E-state index in [-0.39, 0.29) is 11.6 Å². The Bertz CT molecular complexity index is 887. The van der Waals surface area contributed by atoms with E-state index in [1.807, 2.05) is 62.4 Å². The van der Waals surface area contributed by atoms with Crippen LogP contribution in [0.25, 0.3) is 10.9 Å². The summed E-state index contributed by atoms with van der Waals surface area (Å²) in [5.41, 5.74) is 1.74. The second kappa shape index (κ2) is 6.54. The molecule has 4 nitrogen and oxygen atoms in total. The molecule has 3 rings (SSSR count). The van der Waals surface area contributed by atoms with Crippen LogP contribution in [0.2, 0.25) is 0 Å². The van der Waals surface area contributed by atoms with Crippen molar-refractivity contribution >= 4 is 32.5 Å². The van der Waals surface area contributed by atoms with E-state index in [0.717, 1.165) is 21.5 Å². The van der Waals surface area contributed by atoms with Crippen molar-refractivity contribution in [2.45, 2.75) is 26.4 Å². The second-order valence-electron chi connectivity index (χ2n) is 5.41. The van der Waals surface area contributed by atoms with Crippen molar-refractivity contribution < 1.29 is 0 Å². The van der Waals surface area contributed by atoms with Crippen LogP contribution in [0.5, 0.6) is 0 Å². The van der Waals surface area contributed by atoms with E-state index in [0.29, 0.717) is 11.9 Å². The predicted octanol–water partition coefficient (Wildman–Crippen LogP) is 4.35. The van der Waals surface area contributed by atoms with Crippen molar-refractivity contribution in [1.29, 1.82) is 0 Å². The average Bonchev–Trinajstić information content (AvgIpc) is 2.57. The van der Waals surface area contributed by atoms with Gasteiger partial charge in [0.1, 0.15) is 5.82 Å². The average molecular weight is 372 g/mol. The zero-order valence-electron chi connectivity index (χ0n) is 13.1. The van der Waals surface area contributed by atoms with Gasteiger partial charge in [0, 0.05) is 16.7 Å². The Balaban J connectivity index is 2.03. The van der Waals surface area contributed by atoms with Gasteiger partial charge in [-0.2, -0.15) is 0 Å². The Morgan fingerprint density at radius 2 is 1.87 bits per heavy atom. The van der Waals surface area contributed by atoms with Crippen LogP contribution >= 0.6 is 15.9 Å². The summed E-state index contributed by atoms with van der Waals surface area (Å²) in [6.07, 6.45) is 0. The minimum Gasteiger partial charge on any atom is -0.375 e. The number of rotatable bonds is 4. The minimum absolute atomic E-state index is 0.0116. The Morgan fingerprint density at radius 1 is 1.17 bits per heavy atom. The molecule has 0 aliphatic carbocycles. The number of nitrogens with zero attached hydrogens (tertiary/aromatic N) is 2. The first-order valence-electron chi connectivity index (χ1n) is 7.61. The number of hydrogen-bond acceptors (Lipinski definition) is 3. The molecule has 0 saturated heterocycles. The summed E-state index contributed by atoms with van der Waals surface area (Å²) in [6.45, 7) is 4.58. The first-order chi connectivity index (χ1) is 11.1. The van der Waals surface area contributed by atoms with Crippen LogP contribution < -0.4 is 10.9 Å². The summed E-state index contributed by atoms with van der Waals surface area (Å²) >= 11 is 3.43. The minimum atomic E-state index is -0.0755. The van der Waals surface area contributed by atoms with Crippen molar-refractivity contribution in [3.8, 4) is 0 Å². The number of benzene rings is 2. The molecule has 0 saturated carbocycles. The van der Waals surface area contributed by atoms with Gasteiger partial charge in [-0.3, -0.25) is 9.36 Å². The third kappa shape index (κ3) is 3.15. The molecule has 1 aromatic heterocycles. The van der Waals surface area contributed by atoms with Crippen LogP contribution in [0, 0.1) is 0 Å². The standard InChI is InChI=1S/C18H18BrN3O/c1-3-22-17(12(2)20-14-10-8-13(19)9-11-14)21-16-7-5-4-6-15(16)18(22)23/h4-12,20H,3H2,1-2H3. The van der Waals surface area contributed by atoms with Gasteiger partial charge in [0.2, 0.25) is 0 Å². The molecule has 1 unspecified atom stereocenters. The first-order valence-corrected chi connectivity index (χ1v) is 8.41. The molecule has 118 valence electrons. The summed E-state index contributed by atoms with van der Waals surface area (Å²) in [5, 5.41) is 4.07. The SMILES string of the molecule is CCn1c(C(C)Nc2ccc(Br)cc2)nc2ccccc2c1=O. The lowest BCUT2D eigenvalue weighted by Gasteiger charge is -2.19. The Hall–Kier alpha value is -2.14. The molecule has 0 spiro atoms. The fourth-order valence-electron chi connectivity index (χ4n) is 2.68. The van der Waals surface area contributed by atoms with Gasteiger partial charge in [0.15, 0.2) is 0 Å². The number of hydrogen-bond donors (Lipinski definition) is 1. The lowest BCUT2D eigenvalue weighted by atomic mass is 10.2. The van der Waals surface area contributed by atoms with Crippen LogP contribution in [0.15, 0.2) is 57.8 Å². The van der Waals surface area contributed by atoms with Crippen LogP contribution in [0.1, 0.15) is 25.7 Å². The highest BCUT2D eigenvalue weighted by Gasteiger charge is 2.15. The van der Waals surface area contributed by atoms with Crippen molar-refractivity contribution in [1.82, 2.24) is 9.55 Å². The second-order valence-corrected chi connectivity index (χ2v) is 6.33. The first kappa shape index (κ1) is 15.7. The highest BCUT2D eigenvalue weighted by atomic mass is 79.9. The zero-order chi connectivity index (χ0) is 16.4. The number of anilines is 1. The van der Waals surface area contributed by atoms with E-state index in [9.17, 15) is 4.79 Å². The van der Waals surface area contributed by atoms with Crippen molar-refractivity contribution in [2.24, 2.45) is 0 Å². The summed E-state index contributed by atoms with van der Waals surface area (Å²) in [4.78, 5) is 17.4. The van der Waals surface area contributed by atoms with Gasteiger partial charge >= 0.3 is 0 Å². The summed E-state index contributed by atoms with van der Waals surface area (Å²) < 4.78 is 2.77. The van der Waals surface area contributed by atoms with Gasteiger partial charge in [-0.25, -0.2) is 4.98 Å². The largest absolute Gasteiger partial charge is 0.375 e. The number of halogens is 1. The third-order valence-electron chi connectivity index (χ3n) is 3.82. The van der Waals surface area contributed by atoms with E-state index >= 15 is 0 Å². The van der Waals surface area contributed by atoms with Crippen molar-refractivity contribution in [3.63, 3.8) is 0 Å². The van der Waals surface area contributed by atoms with Crippen LogP contribution in [-0.4, -0.2) is 9.55 Å². The number of fused-ring (bicyclic) bond motifs is 1. The molecule has 3 aromatic rings. The van der Waals surface area contributed by atoms with E-state index in [1.165, 1.54) is 0 Å². The van der Waals surface area contributed by atoms with Crippen molar-refractivity contribution in [3.05, 3.63) is 69.2 Å². The molecular weight excluding hydrogens is 354 g/mol. The lowest BCUT2D eigenvalue weighted by molar-refractivity contribution is 0.623. The molecule has 0 radical (unpaired) electrons. The quantitative estimate of drug-likeness (QED) is 0.741. The van der Waals surface area contributed by atoms with Crippen molar-refractivity contribution in [2.75, 3.05) is 5.32 Å². The molecule has 2 aromatic carbocycles. The highest BCUT2D eigenvalue weighted by molar-refractivity contribution is 9.10. The molecule has 23 heavy (non-hydrogen) atoms. The fourth-order valence-corrected chi connectivity index (χ4v) is 2.95. The van der Waals surface area contributed by atoms with E-state index in [2.05, 4.69) is 21.2 Å². The summed E-state index contributed by atoms with van der Waals surface area (Å²) in [7, 11) is 0. The molecule has 1 atom stereocenters. The maximum atomic E-state index is 12.7. The van der Waals surface area contributed by atoms with Gasteiger partial charge in [0.05, 0.1) is 16.9 Å².